The molecule has 2 N–H and O–H groups in total. The Balaban J connectivity index is 2.76. The third kappa shape index (κ3) is 4.87. The van der Waals surface area contributed by atoms with E-state index in [2.05, 4.69) is 5.32 Å². The quantitative estimate of drug-likeness (QED) is 0.812. The van der Waals surface area contributed by atoms with Gasteiger partial charge in [0.2, 0.25) is 0 Å². The number of alkyl halides is 3. The molecule has 0 radical (unpaired) electrons. The highest BCUT2D eigenvalue weighted by atomic mass is 32.2. The van der Waals surface area contributed by atoms with Crippen molar-refractivity contribution in [2.45, 2.75) is 24.0 Å². The number of thioether (sulfide) groups is 1. The molecule has 0 aliphatic heterocycles. The van der Waals surface area contributed by atoms with Crippen LogP contribution in [0.4, 0.5) is 18.9 Å². The van der Waals surface area contributed by atoms with E-state index in [4.69, 9.17) is 5.11 Å². The normalized spacial score (nSPS) is 13.1. The van der Waals surface area contributed by atoms with Crippen molar-refractivity contribution in [3.8, 4) is 0 Å². The average molecular weight is 279 g/mol. The zero-order chi connectivity index (χ0) is 13.8. The summed E-state index contributed by atoms with van der Waals surface area (Å²) < 4.78 is 36.4. The van der Waals surface area contributed by atoms with Gasteiger partial charge in [0.15, 0.2) is 0 Å². The highest BCUT2D eigenvalue weighted by molar-refractivity contribution is 7.99. The van der Waals surface area contributed by atoms with E-state index >= 15 is 0 Å². The third-order valence-electron chi connectivity index (χ3n) is 2.02. The minimum atomic E-state index is -4.25. The largest absolute Gasteiger partial charge is 0.480 e. The van der Waals surface area contributed by atoms with Gasteiger partial charge in [0.05, 0.1) is 5.75 Å². The first-order valence-corrected chi connectivity index (χ1v) is 6.06. The lowest BCUT2D eigenvalue weighted by atomic mass is 10.2. The van der Waals surface area contributed by atoms with Crippen molar-refractivity contribution < 1.29 is 23.1 Å². The zero-order valence-corrected chi connectivity index (χ0v) is 10.3. The van der Waals surface area contributed by atoms with Crippen LogP contribution in [0.25, 0.3) is 0 Å². The smallest absolute Gasteiger partial charge is 0.398 e. The molecule has 0 heterocycles. The fraction of sp³-hybridized carbons (Fsp3) is 0.364. The molecule has 0 amide bonds. The topological polar surface area (TPSA) is 49.3 Å². The number of carboxylic acid groups (broad SMARTS) is 1. The second-order valence-corrected chi connectivity index (χ2v) is 4.62. The molecule has 7 heteroatoms. The van der Waals surface area contributed by atoms with Gasteiger partial charge in [-0.3, -0.25) is 4.79 Å². The summed E-state index contributed by atoms with van der Waals surface area (Å²) in [6, 6.07) is 5.45. The van der Waals surface area contributed by atoms with Crippen LogP contribution in [0.3, 0.4) is 0 Å². The van der Waals surface area contributed by atoms with E-state index in [0.29, 0.717) is 22.3 Å². The minimum absolute atomic E-state index is 0.378. The van der Waals surface area contributed by atoms with Crippen molar-refractivity contribution in [3.63, 3.8) is 0 Å². The predicted octanol–water partition coefficient (Wildman–Crippen LogP) is 3.23. The Morgan fingerprint density at radius 2 is 2.06 bits per heavy atom. The van der Waals surface area contributed by atoms with Crippen molar-refractivity contribution in [1.82, 2.24) is 0 Å². The number of rotatable bonds is 5. The molecule has 0 aliphatic rings. The van der Waals surface area contributed by atoms with E-state index in [-0.39, 0.29) is 0 Å². The SMILES string of the molecule is CC(Nc1ccccc1SCC(F)(F)F)C(=O)O. The number of carbonyl (C=O) groups is 1. The molecule has 0 aliphatic carbocycles. The molecule has 1 unspecified atom stereocenters. The number of nitrogens with one attached hydrogen (secondary N) is 1. The van der Waals surface area contributed by atoms with Gasteiger partial charge in [-0.15, -0.1) is 11.8 Å². The summed E-state index contributed by atoms with van der Waals surface area (Å²) in [6.07, 6.45) is -4.25. The summed E-state index contributed by atoms with van der Waals surface area (Å²) in [6.45, 7) is 1.42. The van der Waals surface area contributed by atoms with Crippen molar-refractivity contribution >= 4 is 23.4 Å². The maximum Gasteiger partial charge on any atom is 0.398 e. The lowest BCUT2D eigenvalue weighted by Crippen LogP contribution is -2.25. The number of anilines is 1. The van der Waals surface area contributed by atoms with Crippen LogP contribution in [-0.4, -0.2) is 29.0 Å². The summed E-state index contributed by atoms with van der Waals surface area (Å²) in [5.41, 5.74) is 0.390. The first-order chi connectivity index (χ1) is 8.29. The van der Waals surface area contributed by atoms with Gasteiger partial charge in [0.1, 0.15) is 6.04 Å². The Morgan fingerprint density at radius 3 is 2.61 bits per heavy atom. The van der Waals surface area contributed by atoms with Crippen molar-refractivity contribution in [1.29, 1.82) is 0 Å². The molecule has 0 fully saturated rings. The van der Waals surface area contributed by atoms with Gasteiger partial charge in [-0.1, -0.05) is 12.1 Å². The molecular formula is C11H12F3NO2S. The number of halogens is 3. The number of benzene rings is 1. The molecule has 0 bridgehead atoms. The Labute approximate surface area is 106 Å². The predicted molar refractivity (Wildman–Crippen MR) is 63.9 cm³/mol. The summed E-state index contributed by atoms with van der Waals surface area (Å²) >= 11 is 0.627. The van der Waals surface area contributed by atoms with Crippen molar-refractivity contribution in [2.75, 3.05) is 11.1 Å². The Bertz CT molecular complexity index is 423. The van der Waals surface area contributed by atoms with Gasteiger partial charge in [0, 0.05) is 10.6 Å². The van der Waals surface area contributed by atoms with Crippen LogP contribution in [0.2, 0.25) is 0 Å². The summed E-state index contributed by atoms with van der Waals surface area (Å²) in [4.78, 5) is 11.1. The Kier molecular flexibility index (Phi) is 4.89. The van der Waals surface area contributed by atoms with Crippen LogP contribution >= 0.6 is 11.8 Å². The van der Waals surface area contributed by atoms with E-state index in [0.717, 1.165) is 0 Å². The van der Waals surface area contributed by atoms with E-state index < -0.39 is 23.9 Å². The highest BCUT2D eigenvalue weighted by Gasteiger charge is 2.27. The van der Waals surface area contributed by atoms with Gasteiger partial charge in [0.25, 0.3) is 0 Å². The second-order valence-electron chi connectivity index (χ2n) is 3.60. The van der Waals surface area contributed by atoms with Gasteiger partial charge >= 0.3 is 12.1 Å². The van der Waals surface area contributed by atoms with Crippen LogP contribution in [0, 0.1) is 0 Å². The number of carboxylic acids is 1. The minimum Gasteiger partial charge on any atom is -0.480 e. The van der Waals surface area contributed by atoms with Gasteiger partial charge in [-0.2, -0.15) is 13.2 Å². The molecule has 3 nitrogen and oxygen atoms in total. The van der Waals surface area contributed by atoms with E-state index in [1.165, 1.54) is 13.0 Å². The first-order valence-electron chi connectivity index (χ1n) is 5.07. The Hall–Kier alpha value is -1.37. The molecule has 0 saturated heterocycles. The third-order valence-corrected chi connectivity index (χ3v) is 3.16. The monoisotopic (exact) mass is 279 g/mol. The van der Waals surface area contributed by atoms with Crippen LogP contribution < -0.4 is 5.32 Å². The molecule has 1 rings (SSSR count). The van der Waals surface area contributed by atoms with Crippen LogP contribution in [0.15, 0.2) is 29.2 Å². The maximum atomic E-state index is 12.1. The summed E-state index contributed by atoms with van der Waals surface area (Å²) in [7, 11) is 0. The second kappa shape index (κ2) is 5.99. The summed E-state index contributed by atoms with van der Waals surface area (Å²) in [5, 5.41) is 11.4. The van der Waals surface area contributed by atoms with Crippen LogP contribution in [-0.2, 0) is 4.79 Å². The standard InChI is InChI=1S/C11H12F3NO2S/c1-7(10(16)17)15-8-4-2-3-5-9(8)18-6-11(12,13)14/h2-5,7,15H,6H2,1H3,(H,16,17). The van der Waals surface area contributed by atoms with E-state index in [1.807, 2.05) is 0 Å². The molecule has 1 aromatic rings. The highest BCUT2D eigenvalue weighted by Crippen LogP contribution is 2.32. The number of para-hydroxylation sites is 1. The van der Waals surface area contributed by atoms with Crippen molar-refractivity contribution in [3.05, 3.63) is 24.3 Å². The van der Waals surface area contributed by atoms with Gasteiger partial charge < -0.3 is 10.4 Å². The molecule has 18 heavy (non-hydrogen) atoms. The number of aliphatic carboxylic acids is 1. The molecule has 100 valence electrons. The fourth-order valence-corrected chi connectivity index (χ4v) is 1.94. The zero-order valence-electron chi connectivity index (χ0n) is 9.49. The van der Waals surface area contributed by atoms with Crippen LogP contribution in [0.5, 0.6) is 0 Å². The molecule has 1 aromatic carbocycles. The Morgan fingerprint density at radius 1 is 1.44 bits per heavy atom. The van der Waals surface area contributed by atoms with Gasteiger partial charge in [-0.25, -0.2) is 0 Å². The molecule has 0 aromatic heterocycles. The molecule has 0 saturated carbocycles. The fourth-order valence-electron chi connectivity index (χ4n) is 1.17. The maximum absolute atomic E-state index is 12.1. The number of hydrogen-bond acceptors (Lipinski definition) is 3. The van der Waals surface area contributed by atoms with E-state index in [1.54, 1.807) is 18.2 Å². The van der Waals surface area contributed by atoms with E-state index in [9.17, 15) is 18.0 Å². The molecule has 1 atom stereocenters. The van der Waals surface area contributed by atoms with Gasteiger partial charge in [-0.05, 0) is 19.1 Å². The molecule has 0 spiro atoms. The molecular weight excluding hydrogens is 267 g/mol. The van der Waals surface area contributed by atoms with Crippen LogP contribution in [0.1, 0.15) is 6.92 Å². The first kappa shape index (κ1) is 14.7. The summed E-state index contributed by atoms with van der Waals surface area (Å²) in [5.74, 6) is -2.07. The lowest BCUT2D eigenvalue weighted by molar-refractivity contribution is -0.137. The number of hydrogen-bond donors (Lipinski definition) is 2. The lowest BCUT2D eigenvalue weighted by Gasteiger charge is -2.15. The average Bonchev–Trinajstić information content (AvgIpc) is 2.26. The van der Waals surface area contributed by atoms with Crippen molar-refractivity contribution in [2.24, 2.45) is 0 Å².